The number of rotatable bonds is 7. The molecule has 142 valence electrons. The maximum absolute atomic E-state index is 12.5. The summed E-state index contributed by atoms with van der Waals surface area (Å²) in [4.78, 5) is 14.4. The number of hydrogen-bond donors (Lipinski definition) is 5. The highest BCUT2D eigenvalue weighted by molar-refractivity contribution is 5.74. The molecule has 0 aliphatic carbocycles. The predicted molar refractivity (Wildman–Crippen MR) is 99.2 cm³/mol. The Morgan fingerprint density at radius 1 is 1.44 bits per heavy atom. The molecule has 2 aliphatic rings. The second-order valence-corrected chi connectivity index (χ2v) is 6.88. The minimum atomic E-state index is -0.395. The number of amides is 2. The molecule has 0 aromatic heterocycles. The molecule has 0 radical (unpaired) electrons. The number of nitrogens with one attached hydrogen (secondary N) is 4. The fourth-order valence-electron chi connectivity index (χ4n) is 4.00. The lowest BCUT2D eigenvalue weighted by Crippen LogP contribution is -2.69. The molecule has 2 heterocycles. The molecule has 1 unspecified atom stereocenters. The summed E-state index contributed by atoms with van der Waals surface area (Å²) in [5.41, 5.74) is 3.67. The van der Waals surface area contributed by atoms with Crippen molar-refractivity contribution in [2.24, 2.45) is 0 Å². The van der Waals surface area contributed by atoms with Crippen molar-refractivity contribution in [3.63, 3.8) is 0 Å². The van der Waals surface area contributed by atoms with Gasteiger partial charge in [0.25, 0.3) is 0 Å². The number of hydrogen-bond acceptors (Lipinski definition) is 5. The van der Waals surface area contributed by atoms with E-state index in [1.54, 1.807) is 7.05 Å². The molecule has 2 aliphatic heterocycles. The van der Waals surface area contributed by atoms with Crippen LogP contribution in [-0.4, -0.2) is 54.4 Å². The lowest BCUT2D eigenvalue weighted by Gasteiger charge is -2.50. The maximum atomic E-state index is 12.5. The van der Waals surface area contributed by atoms with Gasteiger partial charge < -0.3 is 20.9 Å². The Hall–Kier alpha value is -1.73. The van der Waals surface area contributed by atoms with Gasteiger partial charge in [0.1, 0.15) is 0 Å². The van der Waals surface area contributed by atoms with Crippen LogP contribution in [0, 0.1) is 0 Å². The molecule has 0 aromatic rings. The van der Waals surface area contributed by atoms with E-state index in [0.29, 0.717) is 12.2 Å². The zero-order chi connectivity index (χ0) is 18.3. The van der Waals surface area contributed by atoms with E-state index in [1.807, 2.05) is 24.1 Å². The standard InChI is InChI=1S/C18H33N5O2/c1-4-5-6-7-9-18(14(2)15(22-25)8-10-21-18)16-13-20-11-12-23(16)17(24)19-3/h8,10,16,20-22,25H,4-7,9,11-13H2,1-3H3,(H,19,24)/t16-,18?/m1/s1. The number of unbranched alkanes of at least 4 members (excludes halogenated alkanes) is 3. The van der Waals surface area contributed by atoms with Crippen molar-refractivity contribution in [1.29, 1.82) is 0 Å². The van der Waals surface area contributed by atoms with Gasteiger partial charge in [-0.25, -0.2) is 4.79 Å². The van der Waals surface area contributed by atoms with E-state index in [4.69, 9.17) is 0 Å². The van der Waals surface area contributed by atoms with E-state index >= 15 is 0 Å². The molecule has 25 heavy (non-hydrogen) atoms. The van der Waals surface area contributed by atoms with Crippen molar-refractivity contribution < 1.29 is 10.0 Å². The Morgan fingerprint density at radius 2 is 2.24 bits per heavy atom. The minimum Gasteiger partial charge on any atom is -0.380 e. The molecule has 7 nitrogen and oxygen atoms in total. The topological polar surface area (TPSA) is 88.7 Å². The summed E-state index contributed by atoms with van der Waals surface area (Å²) in [6, 6.07) is -0.0850. The van der Waals surface area contributed by atoms with Crippen molar-refractivity contribution in [1.82, 2.24) is 26.3 Å². The number of urea groups is 1. The molecule has 2 amide bonds. The number of carbonyl (C=O) groups excluding carboxylic acids is 1. The number of nitrogens with zero attached hydrogens (tertiary/aromatic N) is 1. The van der Waals surface area contributed by atoms with Crippen LogP contribution in [0.25, 0.3) is 0 Å². The third kappa shape index (κ3) is 4.10. The molecule has 1 saturated heterocycles. The average molecular weight is 351 g/mol. The van der Waals surface area contributed by atoms with Crippen LogP contribution in [0.15, 0.2) is 23.5 Å². The van der Waals surface area contributed by atoms with Crippen LogP contribution >= 0.6 is 0 Å². The van der Waals surface area contributed by atoms with Gasteiger partial charge in [-0.2, -0.15) is 0 Å². The fourth-order valence-corrected chi connectivity index (χ4v) is 4.00. The third-order valence-electron chi connectivity index (χ3n) is 5.50. The van der Waals surface area contributed by atoms with E-state index in [1.165, 1.54) is 19.3 Å². The molecule has 5 N–H and O–H groups in total. The van der Waals surface area contributed by atoms with Crippen molar-refractivity contribution in [3.8, 4) is 0 Å². The van der Waals surface area contributed by atoms with Gasteiger partial charge in [-0.3, -0.25) is 10.7 Å². The quantitative estimate of drug-likeness (QED) is 0.356. The normalized spacial score (nSPS) is 26.4. The van der Waals surface area contributed by atoms with Crippen LogP contribution in [0.4, 0.5) is 4.79 Å². The largest absolute Gasteiger partial charge is 0.380 e. The zero-order valence-electron chi connectivity index (χ0n) is 15.7. The minimum absolute atomic E-state index is 0.0314. The first-order chi connectivity index (χ1) is 12.1. The molecule has 1 fully saturated rings. The van der Waals surface area contributed by atoms with Gasteiger partial charge in [-0.15, -0.1) is 0 Å². The monoisotopic (exact) mass is 351 g/mol. The number of dihydropyridines is 1. The molecule has 0 aromatic carbocycles. The lowest BCUT2D eigenvalue weighted by molar-refractivity contribution is 0.106. The predicted octanol–water partition coefficient (Wildman–Crippen LogP) is 1.68. The number of allylic oxidation sites excluding steroid dienone is 1. The Kier molecular flexibility index (Phi) is 7.13. The molecule has 0 bridgehead atoms. The van der Waals surface area contributed by atoms with Gasteiger partial charge in [-0.05, 0) is 31.2 Å². The zero-order valence-corrected chi connectivity index (χ0v) is 15.7. The smallest absolute Gasteiger partial charge is 0.317 e. The Balaban J connectivity index is 2.34. The van der Waals surface area contributed by atoms with E-state index in [-0.39, 0.29) is 12.1 Å². The summed E-state index contributed by atoms with van der Waals surface area (Å²) in [6.07, 6.45) is 9.26. The van der Waals surface area contributed by atoms with Gasteiger partial charge in [0, 0.05) is 26.7 Å². The lowest BCUT2D eigenvalue weighted by atomic mass is 9.75. The molecular formula is C18H33N5O2. The van der Waals surface area contributed by atoms with Gasteiger partial charge >= 0.3 is 6.03 Å². The van der Waals surface area contributed by atoms with Crippen molar-refractivity contribution in [2.75, 3.05) is 26.7 Å². The highest BCUT2D eigenvalue weighted by Gasteiger charge is 2.46. The van der Waals surface area contributed by atoms with Gasteiger partial charge in [0.2, 0.25) is 0 Å². The van der Waals surface area contributed by atoms with Gasteiger partial charge in [0.05, 0.1) is 17.3 Å². The summed E-state index contributed by atoms with van der Waals surface area (Å²) >= 11 is 0. The first kappa shape index (κ1) is 19.6. The SMILES string of the molecule is CCCCCCC1([C@H]2CNCCN2C(=O)NC)NC=CC(NO)=C1C. The van der Waals surface area contributed by atoms with E-state index in [2.05, 4.69) is 28.4 Å². The van der Waals surface area contributed by atoms with Crippen molar-refractivity contribution in [3.05, 3.63) is 23.5 Å². The fraction of sp³-hybridized carbons (Fsp3) is 0.722. The molecule has 0 saturated carbocycles. The molecule has 7 heteroatoms. The molecular weight excluding hydrogens is 318 g/mol. The molecule has 0 spiro atoms. The highest BCUT2D eigenvalue weighted by Crippen LogP contribution is 2.35. The summed E-state index contributed by atoms with van der Waals surface area (Å²) < 4.78 is 0. The van der Waals surface area contributed by atoms with Crippen LogP contribution in [0.5, 0.6) is 0 Å². The average Bonchev–Trinajstić information content (AvgIpc) is 2.66. The van der Waals surface area contributed by atoms with E-state index in [0.717, 1.165) is 31.5 Å². The number of hydroxylamine groups is 1. The summed E-state index contributed by atoms with van der Waals surface area (Å²) in [7, 11) is 1.67. The van der Waals surface area contributed by atoms with Crippen LogP contribution in [-0.2, 0) is 0 Å². The van der Waals surface area contributed by atoms with Crippen molar-refractivity contribution >= 4 is 6.03 Å². The second kappa shape index (κ2) is 9.10. The first-order valence-corrected chi connectivity index (χ1v) is 9.35. The van der Waals surface area contributed by atoms with Gasteiger partial charge in [0.15, 0.2) is 0 Å². The summed E-state index contributed by atoms with van der Waals surface area (Å²) in [5.74, 6) is 0. The summed E-state index contributed by atoms with van der Waals surface area (Å²) in [6.45, 7) is 6.42. The molecule has 2 rings (SSSR count). The number of carbonyl (C=O) groups is 1. The second-order valence-electron chi connectivity index (χ2n) is 6.88. The maximum Gasteiger partial charge on any atom is 0.317 e. The highest BCUT2D eigenvalue weighted by atomic mass is 16.5. The van der Waals surface area contributed by atoms with Crippen LogP contribution in [0.3, 0.4) is 0 Å². The Bertz CT molecular complexity index is 520. The Morgan fingerprint density at radius 3 is 2.92 bits per heavy atom. The summed E-state index contributed by atoms with van der Waals surface area (Å²) in [5, 5.41) is 19.3. The van der Waals surface area contributed by atoms with E-state index < -0.39 is 5.54 Å². The third-order valence-corrected chi connectivity index (χ3v) is 5.50. The number of piperazine rings is 1. The van der Waals surface area contributed by atoms with Crippen LogP contribution in [0.2, 0.25) is 0 Å². The van der Waals surface area contributed by atoms with Crippen LogP contribution < -0.4 is 21.4 Å². The van der Waals surface area contributed by atoms with Gasteiger partial charge in [-0.1, -0.05) is 32.6 Å². The first-order valence-electron chi connectivity index (χ1n) is 9.35. The van der Waals surface area contributed by atoms with E-state index in [9.17, 15) is 10.0 Å². The molecule has 2 atom stereocenters. The Labute approximate surface area is 150 Å². The van der Waals surface area contributed by atoms with Crippen LogP contribution in [0.1, 0.15) is 46.0 Å². The van der Waals surface area contributed by atoms with Crippen molar-refractivity contribution in [2.45, 2.75) is 57.5 Å².